The largest absolute Gasteiger partial charge is 0.507 e. The van der Waals surface area contributed by atoms with Crippen molar-refractivity contribution >= 4 is 17.1 Å². The molecule has 0 aliphatic heterocycles. The lowest BCUT2D eigenvalue weighted by Crippen LogP contribution is -1.95. The molecule has 4 nitrogen and oxygen atoms in total. The zero-order valence-corrected chi connectivity index (χ0v) is 9.57. The molecule has 0 aliphatic carbocycles. The van der Waals surface area contributed by atoms with Gasteiger partial charge in [-0.05, 0) is 30.3 Å². The highest BCUT2D eigenvalue weighted by Crippen LogP contribution is 2.36. The van der Waals surface area contributed by atoms with Crippen LogP contribution in [0.25, 0.3) is 11.1 Å². The third-order valence-electron chi connectivity index (χ3n) is 2.62. The van der Waals surface area contributed by atoms with E-state index in [2.05, 4.69) is 5.32 Å². The lowest BCUT2D eigenvalue weighted by Gasteiger charge is -2.12. The summed E-state index contributed by atoms with van der Waals surface area (Å²) in [4.78, 5) is 0. The van der Waals surface area contributed by atoms with Gasteiger partial charge in [-0.25, -0.2) is 0 Å². The van der Waals surface area contributed by atoms with Crippen LogP contribution >= 0.6 is 0 Å². The van der Waals surface area contributed by atoms with Crippen molar-refractivity contribution in [2.45, 2.75) is 0 Å². The first-order valence-electron chi connectivity index (χ1n) is 5.28. The molecule has 0 unspecified atom stereocenters. The van der Waals surface area contributed by atoms with Gasteiger partial charge in [-0.2, -0.15) is 0 Å². The summed E-state index contributed by atoms with van der Waals surface area (Å²) in [5, 5.41) is 13.0. The summed E-state index contributed by atoms with van der Waals surface area (Å²) in [5.41, 5.74) is 15.0. The van der Waals surface area contributed by atoms with Crippen LogP contribution in [0.15, 0.2) is 36.4 Å². The fourth-order valence-electron chi connectivity index (χ4n) is 1.78. The Morgan fingerprint density at radius 2 is 1.59 bits per heavy atom. The van der Waals surface area contributed by atoms with E-state index >= 15 is 0 Å². The molecule has 2 aromatic carbocycles. The van der Waals surface area contributed by atoms with Gasteiger partial charge >= 0.3 is 0 Å². The van der Waals surface area contributed by atoms with Gasteiger partial charge in [-0.1, -0.05) is 0 Å². The minimum absolute atomic E-state index is 0.145. The summed E-state index contributed by atoms with van der Waals surface area (Å²) in [6.07, 6.45) is 0. The first-order valence-corrected chi connectivity index (χ1v) is 5.28. The molecule has 6 N–H and O–H groups in total. The summed E-state index contributed by atoms with van der Waals surface area (Å²) in [6, 6.07) is 10.6. The van der Waals surface area contributed by atoms with Crippen LogP contribution in [0.4, 0.5) is 17.1 Å². The summed E-state index contributed by atoms with van der Waals surface area (Å²) in [6.45, 7) is 0. The molecule has 2 rings (SSSR count). The van der Waals surface area contributed by atoms with Crippen molar-refractivity contribution < 1.29 is 5.11 Å². The van der Waals surface area contributed by atoms with Gasteiger partial charge in [-0.3, -0.25) is 0 Å². The maximum Gasteiger partial charge on any atom is 0.125 e. The number of rotatable bonds is 2. The molecular weight excluding hydrogens is 214 g/mol. The van der Waals surface area contributed by atoms with Crippen LogP contribution in [0.1, 0.15) is 0 Å². The number of anilines is 3. The highest BCUT2D eigenvalue weighted by molar-refractivity contribution is 5.84. The van der Waals surface area contributed by atoms with Crippen molar-refractivity contribution in [1.82, 2.24) is 0 Å². The van der Waals surface area contributed by atoms with Crippen LogP contribution in [0.3, 0.4) is 0 Å². The minimum atomic E-state index is 0.145. The van der Waals surface area contributed by atoms with Crippen LogP contribution in [-0.2, 0) is 0 Å². The maximum absolute atomic E-state index is 9.91. The van der Waals surface area contributed by atoms with Gasteiger partial charge in [0.1, 0.15) is 5.75 Å². The van der Waals surface area contributed by atoms with Gasteiger partial charge in [0.05, 0.1) is 0 Å². The fourth-order valence-corrected chi connectivity index (χ4v) is 1.78. The Morgan fingerprint density at radius 3 is 2.24 bits per heavy atom. The van der Waals surface area contributed by atoms with Crippen LogP contribution in [-0.4, -0.2) is 12.2 Å². The Kier molecular flexibility index (Phi) is 2.78. The van der Waals surface area contributed by atoms with Crippen molar-refractivity contribution in [2.75, 3.05) is 23.8 Å². The van der Waals surface area contributed by atoms with Crippen molar-refractivity contribution in [2.24, 2.45) is 0 Å². The van der Waals surface area contributed by atoms with Gasteiger partial charge in [0, 0.05) is 41.3 Å². The number of nitrogen functional groups attached to an aromatic ring is 2. The van der Waals surface area contributed by atoms with E-state index in [1.165, 1.54) is 6.07 Å². The molecular formula is C13H15N3O. The Bertz CT molecular complexity index is 552. The Balaban J connectivity index is 2.62. The molecule has 0 atom stereocenters. The quantitative estimate of drug-likeness (QED) is 0.595. The zero-order chi connectivity index (χ0) is 12.4. The molecule has 0 aliphatic rings. The number of nitrogens with two attached hydrogens (primary N) is 2. The number of hydrogen-bond donors (Lipinski definition) is 4. The molecule has 4 heteroatoms. The van der Waals surface area contributed by atoms with Crippen molar-refractivity contribution in [3.05, 3.63) is 36.4 Å². The van der Waals surface area contributed by atoms with Crippen LogP contribution < -0.4 is 16.8 Å². The topological polar surface area (TPSA) is 84.3 Å². The van der Waals surface area contributed by atoms with Crippen LogP contribution in [0, 0.1) is 0 Å². The predicted octanol–water partition coefficient (Wildman–Crippen LogP) is 2.27. The monoisotopic (exact) mass is 229 g/mol. The van der Waals surface area contributed by atoms with E-state index in [1.807, 2.05) is 25.2 Å². The minimum Gasteiger partial charge on any atom is -0.507 e. The van der Waals surface area contributed by atoms with Crippen molar-refractivity contribution in [3.8, 4) is 16.9 Å². The molecule has 0 saturated carbocycles. The molecule has 2 aromatic rings. The Hall–Kier alpha value is -2.36. The van der Waals surface area contributed by atoms with Gasteiger partial charge in [0.15, 0.2) is 0 Å². The average molecular weight is 229 g/mol. The first-order chi connectivity index (χ1) is 8.11. The molecule has 17 heavy (non-hydrogen) atoms. The average Bonchev–Trinajstić information content (AvgIpc) is 2.29. The second kappa shape index (κ2) is 4.25. The third-order valence-corrected chi connectivity index (χ3v) is 2.62. The third kappa shape index (κ3) is 2.10. The molecule has 0 amide bonds. The van der Waals surface area contributed by atoms with E-state index in [1.54, 1.807) is 12.1 Å². The Labute approximate surface area is 99.9 Å². The van der Waals surface area contributed by atoms with Gasteiger partial charge in [0.2, 0.25) is 0 Å². The van der Waals surface area contributed by atoms with E-state index in [9.17, 15) is 5.11 Å². The molecule has 0 aromatic heterocycles. The number of benzene rings is 2. The summed E-state index contributed by atoms with van der Waals surface area (Å²) in [7, 11) is 1.82. The lowest BCUT2D eigenvalue weighted by atomic mass is 10.0. The first kappa shape index (κ1) is 11.1. The molecule has 0 heterocycles. The van der Waals surface area contributed by atoms with E-state index in [-0.39, 0.29) is 5.75 Å². The van der Waals surface area contributed by atoms with E-state index in [0.29, 0.717) is 16.9 Å². The number of nitrogens with one attached hydrogen (secondary N) is 1. The highest BCUT2D eigenvalue weighted by atomic mass is 16.3. The summed E-state index contributed by atoms with van der Waals surface area (Å²) >= 11 is 0. The maximum atomic E-state index is 9.91. The molecule has 0 spiro atoms. The Morgan fingerprint density at radius 1 is 0.941 bits per heavy atom. The van der Waals surface area contributed by atoms with Gasteiger partial charge in [-0.15, -0.1) is 0 Å². The van der Waals surface area contributed by atoms with E-state index in [4.69, 9.17) is 11.5 Å². The smallest absolute Gasteiger partial charge is 0.125 e. The molecule has 0 fully saturated rings. The van der Waals surface area contributed by atoms with E-state index in [0.717, 1.165) is 11.3 Å². The number of phenols is 1. The second-order valence-electron chi connectivity index (χ2n) is 3.83. The fraction of sp³-hybridized carbons (Fsp3) is 0.0769. The highest BCUT2D eigenvalue weighted by Gasteiger charge is 2.09. The predicted molar refractivity (Wildman–Crippen MR) is 71.9 cm³/mol. The summed E-state index contributed by atoms with van der Waals surface area (Å²) < 4.78 is 0. The number of phenolic OH excluding ortho intramolecular Hbond substituents is 1. The molecule has 0 bridgehead atoms. The van der Waals surface area contributed by atoms with Crippen molar-refractivity contribution in [3.63, 3.8) is 0 Å². The number of hydrogen-bond acceptors (Lipinski definition) is 4. The lowest BCUT2D eigenvalue weighted by molar-refractivity contribution is 0.477. The molecule has 88 valence electrons. The SMILES string of the molecule is CNc1ccc(N)cc1-c1ccc(N)cc1O. The molecule has 0 radical (unpaired) electrons. The second-order valence-corrected chi connectivity index (χ2v) is 3.83. The normalized spacial score (nSPS) is 10.2. The van der Waals surface area contributed by atoms with Crippen molar-refractivity contribution in [1.29, 1.82) is 0 Å². The zero-order valence-electron chi connectivity index (χ0n) is 9.57. The summed E-state index contributed by atoms with van der Waals surface area (Å²) in [5.74, 6) is 0.145. The number of aromatic hydroxyl groups is 1. The van der Waals surface area contributed by atoms with Gasteiger partial charge < -0.3 is 21.9 Å². The van der Waals surface area contributed by atoms with Crippen LogP contribution in [0.5, 0.6) is 5.75 Å². The van der Waals surface area contributed by atoms with E-state index < -0.39 is 0 Å². The molecule has 0 saturated heterocycles. The van der Waals surface area contributed by atoms with Crippen LogP contribution in [0.2, 0.25) is 0 Å². The standard InChI is InChI=1S/C13H15N3O/c1-16-12-5-3-8(14)6-11(12)10-4-2-9(15)7-13(10)17/h2-7,16-17H,14-15H2,1H3. The van der Waals surface area contributed by atoms with Gasteiger partial charge in [0.25, 0.3) is 0 Å².